The lowest BCUT2D eigenvalue weighted by atomic mass is 10.1. The molecule has 0 bridgehead atoms. The molecule has 0 heterocycles. The third-order valence-electron chi connectivity index (χ3n) is 1.34. The van der Waals surface area contributed by atoms with Crippen molar-refractivity contribution in [2.75, 3.05) is 12.8 Å². The third kappa shape index (κ3) is 5.32. The van der Waals surface area contributed by atoms with Gasteiger partial charge < -0.3 is 11.5 Å². The van der Waals surface area contributed by atoms with Gasteiger partial charge in [-0.05, 0) is 26.1 Å². The molecule has 0 aromatic heterocycles. The van der Waals surface area contributed by atoms with Gasteiger partial charge >= 0.3 is 0 Å². The van der Waals surface area contributed by atoms with Gasteiger partial charge in [0.25, 0.3) is 0 Å². The zero-order chi connectivity index (χ0) is 11.6. The van der Waals surface area contributed by atoms with E-state index in [-0.39, 0.29) is 5.78 Å². The van der Waals surface area contributed by atoms with E-state index in [9.17, 15) is 4.79 Å². The summed E-state index contributed by atoms with van der Waals surface area (Å²) in [7, 11) is 1.50. The van der Waals surface area contributed by atoms with Crippen molar-refractivity contribution >= 4 is 11.5 Å². The number of rotatable bonds is 1. The Morgan fingerprint density at radius 2 is 1.57 bits per heavy atom. The van der Waals surface area contributed by atoms with Crippen LogP contribution in [0.2, 0.25) is 0 Å². The lowest BCUT2D eigenvalue weighted by molar-refractivity contribution is 0.101. The summed E-state index contributed by atoms with van der Waals surface area (Å²) in [5, 5.41) is 0. The van der Waals surface area contributed by atoms with Gasteiger partial charge in [-0.2, -0.15) is 0 Å². The lowest BCUT2D eigenvalue weighted by Crippen LogP contribution is -1.97. The Morgan fingerprint density at radius 3 is 1.86 bits per heavy atom. The molecule has 1 aromatic rings. The van der Waals surface area contributed by atoms with Gasteiger partial charge in [0.2, 0.25) is 0 Å². The molecule has 80 valence electrons. The number of carbonyl (C=O) groups is 1. The van der Waals surface area contributed by atoms with E-state index >= 15 is 0 Å². The number of para-hydroxylation sites is 1. The Bertz CT molecular complexity index is 259. The molecule has 3 heteroatoms. The first-order valence-electron chi connectivity index (χ1n) is 4.65. The van der Waals surface area contributed by atoms with Crippen LogP contribution in [0, 0.1) is 0 Å². The minimum atomic E-state index is 0.0121. The van der Waals surface area contributed by atoms with Gasteiger partial charge in [-0.25, -0.2) is 0 Å². The lowest BCUT2D eigenvalue weighted by Gasteiger charge is -1.97. The molecule has 0 radical (unpaired) electrons. The molecule has 0 aliphatic carbocycles. The van der Waals surface area contributed by atoms with Crippen molar-refractivity contribution in [3.8, 4) is 0 Å². The number of nitrogen functional groups attached to an aromatic ring is 1. The topological polar surface area (TPSA) is 69.1 Å². The van der Waals surface area contributed by atoms with E-state index in [1.165, 1.54) is 14.0 Å². The normalized spacial score (nSPS) is 7.50. The van der Waals surface area contributed by atoms with E-state index in [1.54, 1.807) is 18.2 Å². The molecule has 1 rings (SSSR count). The molecule has 0 saturated carbocycles. The van der Waals surface area contributed by atoms with Crippen molar-refractivity contribution in [3.05, 3.63) is 29.8 Å². The smallest absolute Gasteiger partial charge is 0.161 e. The van der Waals surface area contributed by atoms with Crippen LogP contribution < -0.4 is 11.5 Å². The monoisotopic (exact) mass is 196 g/mol. The zero-order valence-corrected chi connectivity index (χ0v) is 9.37. The zero-order valence-electron chi connectivity index (χ0n) is 9.37. The molecule has 4 N–H and O–H groups in total. The van der Waals surface area contributed by atoms with Crippen molar-refractivity contribution < 1.29 is 4.79 Å². The third-order valence-corrected chi connectivity index (χ3v) is 1.34. The molecule has 0 unspecified atom stereocenters. The van der Waals surface area contributed by atoms with Crippen LogP contribution >= 0.6 is 0 Å². The van der Waals surface area contributed by atoms with Gasteiger partial charge in [0.15, 0.2) is 5.78 Å². The van der Waals surface area contributed by atoms with Crippen LogP contribution in [-0.4, -0.2) is 12.8 Å². The largest absolute Gasteiger partial charge is 0.398 e. The van der Waals surface area contributed by atoms with Gasteiger partial charge in [0.05, 0.1) is 0 Å². The van der Waals surface area contributed by atoms with Crippen molar-refractivity contribution in [2.45, 2.75) is 20.8 Å². The second-order valence-corrected chi connectivity index (χ2v) is 2.14. The number of Topliss-reactive ketones (excluding diaryl/α,β-unsaturated/α-hetero) is 1. The molecule has 14 heavy (non-hydrogen) atoms. The first-order valence-corrected chi connectivity index (χ1v) is 4.65. The molecule has 0 atom stereocenters. The summed E-state index contributed by atoms with van der Waals surface area (Å²) in [4.78, 5) is 10.8. The maximum absolute atomic E-state index is 10.8. The number of anilines is 1. The van der Waals surface area contributed by atoms with Crippen molar-refractivity contribution in [3.63, 3.8) is 0 Å². The second-order valence-electron chi connectivity index (χ2n) is 2.14. The maximum atomic E-state index is 10.8. The molecule has 0 saturated heterocycles. The van der Waals surface area contributed by atoms with Crippen LogP contribution in [0.3, 0.4) is 0 Å². The SMILES string of the molecule is CC.CC(=O)c1ccccc1N.CN. The summed E-state index contributed by atoms with van der Waals surface area (Å²) in [5.41, 5.74) is 11.2. The van der Waals surface area contributed by atoms with E-state index in [2.05, 4.69) is 5.73 Å². The van der Waals surface area contributed by atoms with E-state index in [0.717, 1.165) is 0 Å². The Labute approximate surface area is 86.1 Å². The highest BCUT2D eigenvalue weighted by Gasteiger charge is 2.00. The van der Waals surface area contributed by atoms with Gasteiger partial charge in [0.1, 0.15) is 0 Å². The fraction of sp³-hybridized carbons (Fsp3) is 0.364. The number of hydrogen-bond donors (Lipinski definition) is 2. The van der Waals surface area contributed by atoms with Crippen LogP contribution in [0.5, 0.6) is 0 Å². The number of hydrogen-bond acceptors (Lipinski definition) is 3. The van der Waals surface area contributed by atoms with Gasteiger partial charge in [-0.3, -0.25) is 4.79 Å². The van der Waals surface area contributed by atoms with Crippen molar-refractivity contribution in [1.82, 2.24) is 0 Å². The summed E-state index contributed by atoms with van der Waals surface area (Å²) in [6.45, 7) is 5.51. The van der Waals surface area contributed by atoms with Gasteiger partial charge in [0, 0.05) is 11.3 Å². The average molecular weight is 196 g/mol. The van der Waals surface area contributed by atoms with Crippen molar-refractivity contribution in [1.29, 1.82) is 0 Å². The van der Waals surface area contributed by atoms with E-state index in [4.69, 9.17) is 5.73 Å². The quantitative estimate of drug-likeness (QED) is 0.533. The molecule has 0 aliphatic heterocycles. The highest BCUT2D eigenvalue weighted by molar-refractivity contribution is 5.98. The number of benzene rings is 1. The van der Waals surface area contributed by atoms with E-state index in [1.807, 2.05) is 19.9 Å². The number of nitrogens with two attached hydrogens (primary N) is 2. The Balaban J connectivity index is 0. The Kier molecular flexibility index (Phi) is 10.5. The summed E-state index contributed by atoms with van der Waals surface area (Å²) >= 11 is 0. The summed E-state index contributed by atoms with van der Waals surface area (Å²) in [6.07, 6.45) is 0. The molecule has 0 spiro atoms. The fourth-order valence-electron chi connectivity index (χ4n) is 0.818. The standard InChI is InChI=1S/C8H9NO.C2H6.CH5N/c1-6(10)7-4-2-3-5-8(7)9;2*1-2/h2-5H,9H2,1H3;1-2H3;2H2,1H3. The molecular weight excluding hydrogens is 176 g/mol. The van der Waals surface area contributed by atoms with Crippen LogP contribution in [0.25, 0.3) is 0 Å². The fourth-order valence-corrected chi connectivity index (χ4v) is 0.818. The minimum Gasteiger partial charge on any atom is -0.398 e. The van der Waals surface area contributed by atoms with Crippen LogP contribution in [-0.2, 0) is 0 Å². The average Bonchev–Trinajstić information content (AvgIpc) is 2.24. The minimum absolute atomic E-state index is 0.0121. The Hall–Kier alpha value is -1.35. The van der Waals surface area contributed by atoms with E-state index in [0.29, 0.717) is 11.3 Å². The van der Waals surface area contributed by atoms with Crippen LogP contribution in [0.1, 0.15) is 31.1 Å². The Morgan fingerprint density at radius 1 is 1.14 bits per heavy atom. The molecule has 1 aromatic carbocycles. The highest BCUT2D eigenvalue weighted by Crippen LogP contribution is 2.09. The first kappa shape index (κ1) is 15.1. The van der Waals surface area contributed by atoms with E-state index < -0.39 is 0 Å². The molecule has 0 fully saturated rings. The predicted molar refractivity (Wildman–Crippen MR) is 62.3 cm³/mol. The van der Waals surface area contributed by atoms with Crippen molar-refractivity contribution in [2.24, 2.45) is 5.73 Å². The van der Waals surface area contributed by atoms with Gasteiger partial charge in [-0.1, -0.05) is 26.0 Å². The molecule has 3 nitrogen and oxygen atoms in total. The summed E-state index contributed by atoms with van der Waals surface area (Å²) in [5.74, 6) is 0.0121. The summed E-state index contributed by atoms with van der Waals surface area (Å²) in [6, 6.07) is 7.04. The first-order chi connectivity index (χ1) is 6.72. The van der Waals surface area contributed by atoms with Crippen LogP contribution in [0.4, 0.5) is 5.69 Å². The highest BCUT2D eigenvalue weighted by atomic mass is 16.1. The summed E-state index contributed by atoms with van der Waals surface area (Å²) < 4.78 is 0. The number of ketones is 1. The molecular formula is C11H20N2O. The van der Waals surface area contributed by atoms with Crippen LogP contribution in [0.15, 0.2) is 24.3 Å². The molecule has 0 amide bonds. The maximum Gasteiger partial charge on any atom is 0.161 e. The predicted octanol–water partition coefficient (Wildman–Crippen LogP) is 2.07. The second kappa shape index (κ2) is 9.74. The van der Waals surface area contributed by atoms with Gasteiger partial charge in [-0.15, -0.1) is 0 Å². The molecule has 0 aliphatic rings. The number of carbonyl (C=O) groups excluding carboxylic acids is 1.